The minimum Gasteiger partial charge on any atom is -0.397 e. The molecule has 0 aliphatic carbocycles. The molecule has 0 bridgehead atoms. The molecule has 3 N–H and O–H groups in total. The molecular weight excluding hydrogens is 451 g/mol. The molecule has 0 saturated carbocycles. The van der Waals surface area contributed by atoms with Gasteiger partial charge in [-0.25, -0.2) is 0 Å². The molecule has 0 radical (unpaired) electrons. The van der Waals surface area contributed by atoms with Gasteiger partial charge in [0.25, 0.3) is 5.91 Å². The van der Waals surface area contributed by atoms with Crippen LogP contribution in [0, 0.1) is 0 Å². The fourth-order valence-corrected chi connectivity index (χ4v) is 5.21. The molecule has 4 aromatic rings. The monoisotopic (exact) mass is 476 g/mol. The summed E-state index contributed by atoms with van der Waals surface area (Å²) in [5.41, 5.74) is 9.76. The molecule has 0 spiro atoms. The smallest absolute Gasteiger partial charge is 0.255 e. The van der Waals surface area contributed by atoms with Crippen LogP contribution in [0.15, 0.2) is 90.3 Å². The molecule has 168 valence electrons. The predicted molar refractivity (Wildman–Crippen MR) is 138 cm³/mol. The minimum atomic E-state index is -1.15. The number of hydrogen-bond donors (Lipinski definition) is 2. The van der Waals surface area contributed by atoms with Crippen molar-refractivity contribution >= 4 is 42.3 Å². The van der Waals surface area contributed by atoms with Crippen molar-refractivity contribution in [2.24, 2.45) is 0 Å². The van der Waals surface area contributed by atoms with Gasteiger partial charge in [0, 0.05) is 15.7 Å². The molecule has 3 aromatic carbocycles. The van der Waals surface area contributed by atoms with Crippen LogP contribution >= 0.6 is 19.7 Å². The molecule has 1 atom stereocenters. The van der Waals surface area contributed by atoms with Crippen molar-refractivity contribution < 1.29 is 13.8 Å². The van der Waals surface area contributed by atoms with Gasteiger partial charge in [-0.3, -0.25) is 4.79 Å². The number of carbonyl (C=O) groups is 1. The largest absolute Gasteiger partial charge is 0.397 e. The van der Waals surface area contributed by atoms with Crippen LogP contribution in [0.4, 0.5) is 11.4 Å². The number of nitrogen functional groups attached to an aromatic ring is 1. The Hall–Kier alpha value is -3.02. The lowest BCUT2D eigenvalue weighted by atomic mass is 10.1. The van der Waals surface area contributed by atoms with Crippen LogP contribution < -0.4 is 16.4 Å². The van der Waals surface area contributed by atoms with Gasteiger partial charge in [-0.2, -0.15) is 0 Å². The number of anilines is 2. The zero-order valence-electron chi connectivity index (χ0n) is 18.2. The van der Waals surface area contributed by atoms with E-state index >= 15 is 0 Å². The average molecular weight is 477 g/mol. The number of carbonyl (C=O) groups excluding carboxylic acids is 1. The molecule has 33 heavy (non-hydrogen) atoms. The maximum absolute atomic E-state index is 12.8. The Balaban J connectivity index is 1.40. The first-order valence-corrected chi connectivity index (χ1v) is 12.6. The van der Waals surface area contributed by atoms with Crippen LogP contribution in [0.5, 0.6) is 0 Å². The minimum absolute atomic E-state index is 0.210. The normalized spacial score (nSPS) is 11.8. The van der Waals surface area contributed by atoms with Gasteiger partial charge < -0.3 is 20.1 Å². The van der Waals surface area contributed by atoms with E-state index in [2.05, 4.69) is 5.32 Å². The van der Waals surface area contributed by atoms with Crippen molar-refractivity contribution in [2.45, 2.75) is 13.5 Å². The molecule has 0 saturated heterocycles. The molecule has 1 heterocycles. The fraction of sp³-hybridized carbons (Fsp3) is 0.115. The highest BCUT2D eigenvalue weighted by Gasteiger charge is 2.14. The first kappa shape index (κ1) is 23.1. The van der Waals surface area contributed by atoms with E-state index in [4.69, 9.17) is 14.8 Å². The lowest BCUT2D eigenvalue weighted by Gasteiger charge is -2.17. The number of benzene rings is 3. The summed E-state index contributed by atoms with van der Waals surface area (Å²) < 4.78 is 11.8. The van der Waals surface area contributed by atoms with Crippen molar-refractivity contribution in [3.8, 4) is 10.4 Å². The van der Waals surface area contributed by atoms with Gasteiger partial charge in [-0.15, -0.1) is 11.3 Å². The number of rotatable bonds is 9. The summed E-state index contributed by atoms with van der Waals surface area (Å²) in [5.74, 6) is -0.210. The maximum atomic E-state index is 12.8. The molecular formula is C26H25N2O3PS. The number of hydrogen-bond acceptors (Lipinski definition) is 5. The standard InChI is InChI=1S/C26H25N2O3PS/c1-2-30-32(22-7-4-3-5-8-22)31-18-19-10-12-20(13-11-19)26(29)28-24-17-21(14-15-23(24)27)25-9-6-16-33-25/h3-17H,2,18,27H2,1H3,(H,28,29). The van der Waals surface area contributed by atoms with Crippen molar-refractivity contribution in [3.05, 3.63) is 101 Å². The molecule has 0 fully saturated rings. The van der Waals surface area contributed by atoms with Gasteiger partial charge in [0.1, 0.15) is 0 Å². The summed E-state index contributed by atoms with van der Waals surface area (Å²) in [7, 11) is -1.15. The summed E-state index contributed by atoms with van der Waals surface area (Å²) in [6, 6.07) is 27.0. The SMILES string of the molecule is CCOP(OCc1ccc(C(=O)Nc2cc(-c3cccs3)ccc2N)cc1)c1ccccc1. The second kappa shape index (κ2) is 11.2. The van der Waals surface area contributed by atoms with E-state index in [0.29, 0.717) is 30.2 Å². The van der Waals surface area contributed by atoms with E-state index in [1.54, 1.807) is 23.5 Å². The Bertz CT molecular complexity index is 1180. The molecule has 1 amide bonds. The Labute approximate surface area is 199 Å². The van der Waals surface area contributed by atoms with Gasteiger partial charge in [0.05, 0.1) is 24.6 Å². The third-order valence-electron chi connectivity index (χ3n) is 4.89. The summed E-state index contributed by atoms with van der Waals surface area (Å²) in [6.07, 6.45) is 0. The zero-order valence-corrected chi connectivity index (χ0v) is 19.9. The summed E-state index contributed by atoms with van der Waals surface area (Å²) >= 11 is 1.64. The molecule has 1 aromatic heterocycles. The van der Waals surface area contributed by atoms with Crippen LogP contribution in [-0.2, 0) is 15.7 Å². The second-order valence-electron chi connectivity index (χ2n) is 7.21. The summed E-state index contributed by atoms with van der Waals surface area (Å²) in [4.78, 5) is 13.9. The molecule has 1 unspecified atom stereocenters. The third kappa shape index (κ3) is 6.06. The van der Waals surface area contributed by atoms with E-state index in [1.165, 1.54) is 0 Å². The van der Waals surface area contributed by atoms with Crippen molar-refractivity contribution in [1.82, 2.24) is 0 Å². The van der Waals surface area contributed by atoms with E-state index in [9.17, 15) is 4.79 Å². The van der Waals surface area contributed by atoms with Crippen LogP contribution in [0.1, 0.15) is 22.8 Å². The Morgan fingerprint density at radius 1 is 0.970 bits per heavy atom. The Kier molecular flexibility index (Phi) is 7.87. The molecule has 5 nitrogen and oxygen atoms in total. The van der Waals surface area contributed by atoms with E-state index in [0.717, 1.165) is 21.3 Å². The molecule has 7 heteroatoms. The lowest BCUT2D eigenvalue weighted by molar-refractivity contribution is 0.102. The van der Waals surface area contributed by atoms with Crippen LogP contribution in [-0.4, -0.2) is 12.5 Å². The second-order valence-corrected chi connectivity index (χ2v) is 9.71. The van der Waals surface area contributed by atoms with E-state index in [-0.39, 0.29) is 5.91 Å². The zero-order chi connectivity index (χ0) is 23.0. The highest BCUT2D eigenvalue weighted by Crippen LogP contribution is 2.38. The van der Waals surface area contributed by atoms with Crippen LogP contribution in [0.2, 0.25) is 0 Å². The van der Waals surface area contributed by atoms with Gasteiger partial charge >= 0.3 is 0 Å². The van der Waals surface area contributed by atoms with E-state index < -0.39 is 8.38 Å². The van der Waals surface area contributed by atoms with Gasteiger partial charge in [0.15, 0.2) is 0 Å². The predicted octanol–water partition coefficient (Wildman–Crippen LogP) is 6.44. The summed E-state index contributed by atoms with van der Waals surface area (Å²) in [6.45, 7) is 2.94. The van der Waals surface area contributed by atoms with Crippen LogP contribution in [0.25, 0.3) is 10.4 Å². The maximum Gasteiger partial charge on any atom is 0.255 e. The van der Waals surface area contributed by atoms with E-state index in [1.807, 2.05) is 85.1 Å². The number of amides is 1. The quantitative estimate of drug-likeness (QED) is 0.215. The number of thiophene rings is 1. The third-order valence-corrected chi connectivity index (χ3v) is 7.38. The van der Waals surface area contributed by atoms with Gasteiger partial charge in [0.2, 0.25) is 8.38 Å². The highest BCUT2D eigenvalue weighted by atomic mass is 32.1. The summed E-state index contributed by atoms with van der Waals surface area (Å²) in [5, 5.41) is 5.98. The Morgan fingerprint density at radius 3 is 2.45 bits per heavy atom. The number of nitrogens with one attached hydrogen (secondary N) is 1. The molecule has 0 aliphatic rings. The fourth-order valence-electron chi connectivity index (χ4n) is 3.19. The highest BCUT2D eigenvalue weighted by molar-refractivity contribution is 7.55. The number of nitrogens with two attached hydrogens (primary N) is 1. The first-order chi connectivity index (χ1) is 16.1. The molecule has 0 aliphatic heterocycles. The Morgan fingerprint density at radius 2 is 1.76 bits per heavy atom. The average Bonchev–Trinajstić information content (AvgIpc) is 3.39. The van der Waals surface area contributed by atoms with Crippen molar-refractivity contribution in [1.29, 1.82) is 0 Å². The lowest BCUT2D eigenvalue weighted by Crippen LogP contribution is -2.13. The van der Waals surface area contributed by atoms with Gasteiger partial charge in [-0.1, -0.05) is 42.5 Å². The van der Waals surface area contributed by atoms with Crippen molar-refractivity contribution in [3.63, 3.8) is 0 Å². The molecule has 4 rings (SSSR count). The first-order valence-electron chi connectivity index (χ1n) is 10.6. The van der Waals surface area contributed by atoms with Crippen molar-refractivity contribution in [2.75, 3.05) is 17.7 Å². The van der Waals surface area contributed by atoms with Crippen LogP contribution in [0.3, 0.4) is 0 Å². The van der Waals surface area contributed by atoms with Gasteiger partial charge in [-0.05, 0) is 65.9 Å². The topological polar surface area (TPSA) is 73.6 Å².